The Balaban J connectivity index is 1.82. The average molecular weight is 251 g/mol. The summed E-state index contributed by atoms with van der Waals surface area (Å²) in [6.07, 6.45) is 0.785. The number of nitrogens with two attached hydrogens (primary N) is 1. The minimum Gasteiger partial charge on any atom is -0.492 e. The van der Waals surface area contributed by atoms with Crippen LogP contribution in [0, 0.1) is 5.82 Å². The van der Waals surface area contributed by atoms with Crippen LogP contribution in [0.15, 0.2) is 41.8 Å². The Bertz CT molecular complexity index is 458. The van der Waals surface area contributed by atoms with Gasteiger partial charge in [0.25, 0.3) is 0 Å². The highest BCUT2D eigenvalue weighted by Gasteiger charge is 2.06. The van der Waals surface area contributed by atoms with E-state index in [0.717, 1.165) is 6.42 Å². The van der Waals surface area contributed by atoms with Gasteiger partial charge >= 0.3 is 0 Å². The summed E-state index contributed by atoms with van der Waals surface area (Å²) in [6, 6.07) is 10.1. The first-order valence-corrected chi connectivity index (χ1v) is 6.28. The lowest BCUT2D eigenvalue weighted by Gasteiger charge is -2.12. The molecule has 0 fully saturated rings. The topological polar surface area (TPSA) is 35.2 Å². The fourth-order valence-electron chi connectivity index (χ4n) is 1.51. The number of rotatable bonds is 5. The molecule has 2 aromatic rings. The second-order valence-corrected chi connectivity index (χ2v) is 4.84. The van der Waals surface area contributed by atoms with E-state index in [0.29, 0.717) is 12.4 Å². The molecular weight excluding hydrogens is 237 g/mol. The maximum atomic E-state index is 12.9. The van der Waals surface area contributed by atoms with Gasteiger partial charge < -0.3 is 10.5 Å². The van der Waals surface area contributed by atoms with E-state index in [1.807, 2.05) is 17.5 Å². The molecule has 0 saturated carbocycles. The Morgan fingerprint density at radius 2 is 2.18 bits per heavy atom. The quantitative estimate of drug-likeness (QED) is 0.887. The molecule has 1 aromatic carbocycles. The van der Waals surface area contributed by atoms with Crippen molar-refractivity contribution in [2.45, 2.75) is 12.5 Å². The summed E-state index contributed by atoms with van der Waals surface area (Å²) in [4.78, 5) is 1.24. The van der Waals surface area contributed by atoms with E-state index in [9.17, 15) is 4.39 Å². The second-order valence-electron chi connectivity index (χ2n) is 3.81. The van der Waals surface area contributed by atoms with Gasteiger partial charge in [0.05, 0.1) is 0 Å². The molecule has 1 unspecified atom stereocenters. The van der Waals surface area contributed by atoms with Crippen LogP contribution in [0.2, 0.25) is 0 Å². The summed E-state index contributed by atoms with van der Waals surface area (Å²) in [7, 11) is 0. The Morgan fingerprint density at radius 3 is 2.88 bits per heavy atom. The van der Waals surface area contributed by atoms with Gasteiger partial charge in [0.15, 0.2) is 0 Å². The van der Waals surface area contributed by atoms with Gasteiger partial charge in [-0.05, 0) is 23.6 Å². The molecule has 0 saturated heterocycles. The molecule has 90 valence electrons. The predicted octanol–water partition coefficient (Wildman–Crippen LogP) is 2.84. The van der Waals surface area contributed by atoms with Crippen LogP contribution in [0.3, 0.4) is 0 Å². The smallest absolute Gasteiger partial charge is 0.126 e. The largest absolute Gasteiger partial charge is 0.492 e. The van der Waals surface area contributed by atoms with Crippen LogP contribution in [0.4, 0.5) is 4.39 Å². The third-order valence-electron chi connectivity index (χ3n) is 2.30. The Hall–Kier alpha value is -1.39. The van der Waals surface area contributed by atoms with Crippen LogP contribution >= 0.6 is 11.3 Å². The normalized spacial score (nSPS) is 12.4. The van der Waals surface area contributed by atoms with Crippen molar-refractivity contribution in [2.24, 2.45) is 5.73 Å². The maximum Gasteiger partial charge on any atom is 0.126 e. The molecule has 2 nitrogen and oxygen atoms in total. The lowest BCUT2D eigenvalue weighted by Crippen LogP contribution is -2.29. The fourth-order valence-corrected chi connectivity index (χ4v) is 2.31. The molecule has 0 aliphatic carbocycles. The van der Waals surface area contributed by atoms with Crippen LogP contribution in [0.5, 0.6) is 5.75 Å². The van der Waals surface area contributed by atoms with Crippen molar-refractivity contribution in [3.63, 3.8) is 0 Å². The number of hydrogen-bond acceptors (Lipinski definition) is 3. The van der Waals surface area contributed by atoms with Gasteiger partial charge in [0.1, 0.15) is 18.2 Å². The van der Waals surface area contributed by atoms with Gasteiger partial charge in [-0.1, -0.05) is 12.1 Å². The van der Waals surface area contributed by atoms with Crippen molar-refractivity contribution in [3.05, 3.63) is 52.5 Å². The van der Waals surface area contributed by atoms with Crippen molar-refractivity contribution in [1.29, 1.82) is 0 Å². The SMILES string of the molecule is NC(COc1cccc(F)c1)Cc1cccs1. The molecule has 0 amide bonds. The number of hydrogen-bond donors (Lipinski definition) is 1. The van der Waals surface area contributed by atoms with Crippen molar-refractivity contribution < 1.29 is 9.13 Å². The Labute approximate surface area is 104 Å². The van der Waals surface area contributed by atoms with Crippen LogP contribution in [-0.2, 0) is 6.42 Å². The monoisotopic (exact) mass is 251 g/mol. The molecule has 0 spiro atoms. The van der Waals surface area contributed by atoms with E-state index in [4.69, 9.17) is 10.5 Å². The van der Waals surface area contributed by atoms with Crippen LogP contribution in [0.1, 0.15) is 4.88 Å². The third-order valence-corrected chi connectivity index (χ3v) is 3.20. The number of thiophene rings is 1. The van der Waals surface area contributed by atoms with Crippen molar-refractivity contribution >= 4 is 11.3 Å². The van der Waals surface area contributed by atoms with Crippen molar-refractivity contribution in [2.75, 3.05) is 6.61 Å². The summed E-state index contributed by atoms with van der Waals surface area (Å²) >= 11 is 1.68. The highest BCUT2D eigenvalue weighted by Crippen LogP contribution is 2.14. The molecule has 0 radical (unpaired) electrons. The third kappa shape index (κ3) is 3.84. The lowest BCUT2D eigenvalue weighted by atomic mass is 10.2. The molecule has 1 heterocycles. The molecule has 0 aliphatic heterocycles. The molecular formula is C13H14FNOS. The summed E-state index contributed by atoms with van der Waals surface area (Å²) in [5.41, 5.74) is 5.94. The molecule has 17 heavy (non-hydrogen) atoms. The number of ether oxygens (including phenoxy) is 1. The summed E-state index contributed by atoms with van der Waals surface area (Å²) in [5, 5.41) is 2.02. The maximum absolute atomic E-state index is 12.9. The van der Waals surface area contributed by atoms with E-state index in [1.165, 1.54) is 17.0 Å². The molecule has 0 bridgehead atoms. The first-order chi connectivity index (χ1) is 8.24. The molecule has 1 atom stereocenters. The number of benzene rings is 1. The average Bonchev–Trinajstić information content (AvgIpc) is 2.79. The fraction of sp³-hybridized carbons (Fsp3) is 0.231. The summed E-state index contributed by atoms with van der Waals surface area (Å²) in [5.74, 6) is 0.223. The zero-order valence-electron chi connectivity index (χ0n) is 9.30. The summed E-state index contributed by atoms with van der Waals surface area (Å²) in [6.45, 7) is 0.390. The van der Waals surface area contributed by atoms with E-state index in [1.54, 1.807) is 23.5 Å². The lowest BCUT2D eigenvalue weighted by molar-refractivity contribution is 0.287. The molecule has 1 aromatic heterocycles. The predicted molar refractivity (Wildman–Crippen MR) is 67.9 cm³/mol. The standard InChI is InChI=1S/C13H14FNOS/c14-10-3-1-4-12(7-10)16-9-11(15)8-13-5-2-6-17-13/h1-7,11H,8-9,15H2. The molecule has 2 rings (SSSR count). The van der Waals surface area contributed by atoms with E-state index < -0.39 is 0 Å². The van der Waals surface area contributed by atoms with Gasteiger partial charge in [-0.15, -0.1) is 11.3 Å². The van der Waals surface area contributed by atoms with Crippen molar-refractivity contribution in [3.8, 4) is 5.75 Å². The highest BCUT2D eigenvalue weighted by atomic mass is 32.1. The summed E-state index contributed by atoms with van der Waals surface area (Å²) < 4.78 is 18.3. The minimum absolute atomic E-state index is 0.0723. The second kappa shape index (κ2) is 5.80. The van der Waals surface area contributed by atoms with Gasteiger partial charge in [-0.3, -0.25) is 0 Å². The highest BCUT2D eigenvalue weighted by molar-refractivity contribution is 7.09. The first kappa shape index (κ1) is 12.1. The zero-order valence-corrected chi connectivity index (χ0v) is 10.1. The Kier molecular flexibility index (Phi) is 4.12. The molecule has 2 N–H and O–H groups in total. The van der Waals surface area contributed by atoms with Gasteiger partial charge in [-0.2, -0.15) is 0 Å². The zero-order chi connectivity index (χ0) is 12.1. The van der Waals surface area contributed by atoms with Gasteiger partial charge in [0.2, 0.25) is 0 Å². The van der Waals surface area contributed by atoms with E-state index in [2.05, 4.69) is 0 Å². The number of halogens is 1. The van der Waals surface area contributed by atoms with E-state index >= 15 is 0 Å². The van der Waals surface area contributed by atoms with Crippen molar-refractivity contribution in [1.82, 2.24) is 0 Å². The van der Waals surface area contributed by atoms with Crippen LogP contribution in [-0.4, -0.2) is 12.6 Å². The van der Waals surface area contributed by atoms with E-state index in [-0.39, 0.29) is 11.9 Å². The Morgan fingerprint density at radius 1 is 1.29 bits per heavy atom. The van der Waals surface area contributed by atoms with Crippen LogP contribution < -0.4 is 10.5 Å². The molecule has 0 aliphatic rings. The van der Waals surface area contributed by atoms with Gasteiger partial charge in [-0.25, -0.2) is 4.39 Å². The molecule has 4 heteroatoms. The van der Waals surface area contributed by atoms with Crippen LogP contribution in [0.25, 0.3) is 0 Å². The minimum atomic E-state index is -0.297. The first-order valence-electron chi connectivity index (χ1n) is 5.40. The van der Waals surface area contributed by atoms with Gasteiger partial charge in [0, 0.05) is 23.4 Å².